The number of hydrogen-bond donors (Lipinski definition) is 1. The van der Waals surface area contributed by atoms with E-state index in [0.717, 1.165) is 32.0 Å². The summed E-state index contributed by atoms with van der Waals surface area (Å²) in [6, 6.07) is 23.4. The van der Waals surface area contributed by atoms with Gasteiger partial charge >= 0.3 is 6.18 Å². The van der Waals surface area contributed by atoms with E-state index in [4.69, 9.17) is 4.74 Å². The fourth-order valence-corrected chi connectivity index (χ4v) is 4.54. The third-order valence-corrected chi connectivity index (χ3v) is 6.33. The van der Waals surface area contributed by atoms with Gasteiger partial charge in [-0.1, -0.05) is 60.7 Å². The third-order valence-electron chi connectivity index (χ3n) is 6.33. The lowest BCUT2D eigenvalue weighted by molar-refractivity contribution is -0.137. The Hall–Kier alpha value is -3.14. The molecule has 1 fully saturated rings. The van der Waals surface area contributed by atoms with Crippen molar-refractivity contribution in [3.05, 3.63) is 95.1 Å². The molecule has 1 N–H and O–H groups in total. The Morgan fingerprint density at radius 2 is 1.55 bits per heavy atom. The summed E-state index contributed by atoms with van der Waals surface area (Å²) in [5.74, 6) is 0. The number of nitriles is 1. The number of hydrogen-bond acceptors (Lipinski definition) is 3. The van der Waals surface area contributed by atoms with Crippen molar-refractivity contribution in [1.82, 2.24) is 5.32 Å². The molecular formula is C27H25F3N2O. The van der Waals surface area contributed by atoms with E-state index in [1.807, 2.05) is 24.3 Å². The first-order chi connectivity index (χ1) is 15.9. The molecule has 0 unspecified atom stereocenters. The Bertz CT molecular complexity index is 1120. The predicted molar refractivity (Wildman–Crippen MR) is 121 cm³/mol. The lowest BCUT2D eigenvalue weighted by Crippen LogP contribution is -2.43. The molecule has 3 aromatic carbocycles. The Morgan fingerprint density at radius 1 is 0.909 bits per heavy atom. The van der Waals surface area contributed by atoms with Gasteiger partial charge in [0.2, 0.25) is 0 Å². The topological polar surface area (TPSA) is 45.0 Å². The maximum atomic E-state index is 13.8. The summed E-state index contributed by atoms with van der Waals surface area (Å²) >= 11 is 0. The van der Waals surface area contributed by atoms with Crippen LogP contribution in [0.4, 0.5) is 13.2 Å². The van der Waals surface area contributed by atoms with Gasteiger partial charge in [0.1, 0.15) is 6.07 Å². The van der Waals surface area contributed by atoms with Gasteiger partial charge in [0, 0.05) is 5.41 Å². The number of ether oxygens (including phenoxy) is 1. The minimum atomic E-state index is -4.63. The van der Waals surface area contributed by atoms with Crippen LogP contribution < -0.4 is 5.32 Å². The quantitative estimate of drug-likeness (QED) is 0.495. The average molecular weight is 451 g/mol. The zero-order chi connectivity index (χ0) is 23.3. The van der Waals surface area contributed by atoms with E-state index < -0.39 is 11.7 Å². The van der Waals surface area contributed by atoms with Gasteiger partial charge in [-0.15, -0.1) is 0 Å². The second-order valence-corrected chi connectivity index (χ2v) is 8.42. The van der Waals surface area contributed by atoms with E-state index in [2.05, 4.69) is 17.4 Å². The van der Waals surface area contributed by atoms with Crippen molar-refractivity contribution in [2.45, 2.75) is 31.0 Å². The molecule has 0 atom stereocenters. The lowest BCUT2D eigenvalue weighted by Gasteiger charge is -2.38. The fraction of sp³-hybridized carbons (Fsp3) is 0.296. The summed E-state index contributed by atoms with van der Waals surface area (Å²) in [6.45, 7) is 2.02. The van der Waals surface area contributed by atoms with Gasteiger partial charge in [0.05, 0.1) is 24.3 Å². The molecule has 0 aliphatic carbocycles. The van der Waals surface area contributed by atoms with Crippen LogP contribution in [-0.2, 0) is 22.9 Å². The van der Waals surface area contributed by atoms with Crippen molar-refractivity contribution in [1.29, 1.82) is 5.26 Å². The number of nitrogens with one attached hydrogen (secondary N) is 1. The monoisotopic (exact) mass is 450 g/mol. The molecular weight excluding hydrogens is 425 g/mol. The van der Waals surface area contributed by atoms with E-state index in [-0.39, 0.29) is 23.1 Å². The van der Waals surface area contributed by atoms with Crippen LogP contribution in [0.1, 0.15) is 35.1 Å². The molecule has 1 saturated heterocycles. The number of halogens is 3. The average Bonchev–Trinajstić information content (AvgIpc) is 2.84. The molecule has 0 saturated carbocycles. The first-order valence-corrected chi connectivity index (χ1v) is 11.0. The highest BCUT2D eigenvalue weighted by Gasteiger charge is 2.36. The van der Waals surface area contributed by atoms with Gasteiger partial charge in [-0.3, -0.25) is 0 Å². The van der Waals surface area contributed by atoms with Crippen LogP contribution in [0.25, 0.3) is 11.1 Å². The molecule has 0 radical (unpaired) electrons. The third kappa shape index (κ3) is 5.11. The zero-order valence-corrected chi connectivity index (χ0v) is 18.2. The van der Waals surface area contributed by atoms with Crippen molar-refractivity contribution in [2.24, 2.45) is 0 Å². The molecule has 0 aromatic heterocycles. The van der Waals surface area contributed by atoms with E-state index in [0.29, 0.717) is 17.7 Å². The number of benzene rings is 3. The summed E-state index contributed by atoms with van der Waals surface area (Å²) < 4.78 is 47.5. The zero-order valence-electron chi connectivity index (χ0n) is 18.2. The van der Waals surface area contributed by atoms with Crippen LogP contribution >= 0.6 is 0 Å². The Balaban J connectivity index is 1.65. The van der Waals surface area contributed by atoms with Crippen LogP contribution in [0.2, 0.25) is 0 Å². The smallest absolute Gasteiger partial charge is 0.376 e. The first-order valence-electron chi connectivity index (χ1n) is 11.0. The number of nitrogens with zero attached hydrogens (tertiary/aromatic N) is 1. The molecule has 0 spiro atoms. The summed E-state index contributed by atoms with van der Waals surface area (Å²) in [5, 5.41) is 12.9. The highest BCUT2D eigenvalue weighted by Crippen LogP contribution is 2.38. The minimum Gasteiger partial charge on any atom is -0.376 e. The number of piperidine rings is 1. The van der Waals surface area contributed by atoms with Crippen LogP contribution in [0, 0.1) is 11.3 Å². The molecule has 4 rings (SSSR count). The van der Waals surface area contributed by atoms with E-state index in [1.54, 1.807) is 36.4 Å². The van der Waals surface area contributed by atoms with Crippen LogP contribution in [-0.4, -0.2) is 19.7 Å². The minimum absolute atomic E-state index is 0.0609. The molecule has 1 aliphatic heterocycles. The van der Waals surface area contributed by atoms with E-state index in [1.165, 1.54) is 5.56 Å². The number of rotatable bonds is 6. The molecule has 1 aliphatic rings. The van der Waals surface area contributed by atoms with Gasteiger partial charge in [-0.05, 0) is 60.3 Å². The summed E-state index contributed by atoms with van der Waals surface area (Å²) in [5.41, 5.74) is 0.992. The Kier molecular flexibility index (Phi) is 6.83. The fourth-order valence-electron chi connectivity index (χ4n) is 4.54. The predicted octanol–water partition coefficient (Wildman–Crippen LogP) is 6.08. The van der Waals surface area contributed by atoms with Crippen LogP contribution in [0.15, 0.2) is 72.8 Å². The van der Waals surface area contributed by atoms with E-state index in [9.17, 15) is 18.4 Å². The molecule has 3 nitrogen and oxygen atoms in total. The van der Waals surface area contributed by atoms with Crippen molar-refractivity contribution < 1.29 is 17.9 Å². The molecule has 1 heterocycles. The highest BCUT2D eigenvalue weighted by atomic mass is 19.4. The van der Waals surface area contributed by atoms with Gasteiger partial charge in [-0.25, -0.2) is 0 Å². The van der Waals surface area contributed by atoms with Crippen LogP contribution in [0.5, 0.6) is 0 Å². The molecule has 0 bridgehead atoms. The van der Waals surface area contributed by atoms with Gasteiger partial charge < -0.3 is 10.1 Å². The van der Waals surface area contributed by atoms with Gasteiger partial charge in [0.25, 0.3) is 0 Å². The second kappa shape index (κ2) is 9.78. The van der Waals surface area contributed by atoms with Crippen molar-refractivity contribution >= 4 is 0 Å². The maximum absolute atomic E-state index is 13.8. The standard InChI is InChI=1S/C27H25F3N2O/c28-27(29,30)25-16-21(20-7-3-1-4-8-20)15-22(24(25)17-31)18-33-19-26(11-13-32-14-12-26)23-9-5-2-6-10-23/h1-10,15-16,32H,11-14,18-19H2. The lowest BCUT2D eigenvalue weighted by atomic mass is 9.74. The highest BCUT2D eigenvalue weighted by molar-refractivity contribution is 5.68. The molecule has 6 heteroatoms. The Morgan fingerprint density at radius 3 is 2.15 bits per heavy atom. The SMILES string of the molecule is N#Cc1c(COCC2(c3ccccc3)CCNCC2)cc(-c2ccccc2)cc1C(F)(F)F. The van der Waals surface area contributed by atoms with Crippen molar-refractivity contribution in [3.8, 4) is 17.2 Å². The largest absolute Gasteiger partial charge is 0.417 e. The van der Waals surface area contributed by atoms with Gasteiger partial charge in [-0.2, -0.15) is 18.4 Å². The maximum Gasteiger partial charge on any atom is 0.417 e. The summed E-state index contributed by atoms with van der Waals surface area (Å²) in [4.78, 5) is 0. The number of alkyl halides is 3. The molecule has 170 valence electrons. The first kappa shape index (κ1) is 23.0. The van der Waals surface area contributed by atoms with E-state index >= 15 is 0 Å². The van der Waals surface area contributed by atoms with Crippen molar-refractivity contribution in [2.75, 3.05) is 19.7 Å². The Labute approximate surface area is 191 Å². The van der Waals surface area contributed by atoms with Crippen molar-refractivity contribution in [3.63, 3.8) is 0 Å². The molecule has 33 heavy (non-hydrogen) atoms. The summed E-state index contributed by atoms with van der Waals surface area (Å²) in [6.07, 6.45) is -2.88. The van der Waals surface area contributed by atoms with Crippen LogP contribution in [0.3, 0.4) is 0 Å². The normalized spacial score (nSPS) is 15.7. The molecule has 0 amide bonds. The summed E-state index contributed by atoms with van der Waals surface area (Å²) in [7, 11) is 0. The molecule has 3 aromatic rings. The second-order valence-electron chi connectivity index (χ2n) is 8.42. The van der Waals surface area contributed by atoms with Gasteiger partial charge in [0.15, 0.2) is 0 Å².